The summed E-state index contributed by atoms with van der Waals surface area (Å²) in [5.74, 6) is -3.36. The summed E-state index contributed by atoms with van der Waals surface area (Å²) in [4.78, 5) is 16.4. The first kappa shape index (κ1) is 21.5. The van der Waals surface area contributed by atoms with Gasteiger partial charge in [0.15, 0.2) is 0 Å². The van der Waals surface area contributed by atoms with Gasteiger partial charge in [-0.3, -0.25) is 4.79 Å². The van der Waals surface area contributed by atoms with Crippen LogP contribution in [0.5, 0.6) is 5.75 Å². The molecule has 0 fully saturated rings. The van der Waals surface area contributed by atoms with Crippen LogP contribution in [0.1, 0.15) is 16.1 Å². The van der Waals surface area contributed by atoms with E-state index in [2.05, 4.69) is 10.3 Å². The Hall–Kier alpha value is -3.72. The molecule has 0 spiro atoms. The summed E-state index contributed by atoms with van der Waals surface area (Å²) in [5, 5.41) is 4.07. The number of anilines is 1. The van der Waals surface area contributed by atoms with Crippen LogP contribution in [0, 0.1) is 23.3 Å². The average molecular weight is 458 g/mol. The van der Waals surface area contributed by atoms with Crippen LogP contribution in [0.25, 0.3) is 10.6 Å². The standard InChI is InChI=1S/C23H14F4N2O2S/c24-16-5-3-6-17(25)15(16)11-31-13-8-9-14(19(27)10-13)23-29-21(12-32-23)22(30)28-20-7-2-1-4-18(20)26/h1-10,12H,11H2,(H,28,30). The van der Waals surface area contributed by atoms with Crippen molar-refractivity contribution in [1.29, 1.82) is 0 Å². The van der Waals surface area contributed by atoms with Crippen LogP contribution in [0.15, 0.2) is 66.0 Å². The van der Waals surface area contributed by atoms with Gasteiger partial charge in [-0.1, -0.05) is 18.2 Å². The van der Waals surface area contributed by atoms with Crippen molar-refractivity contribution in [3.8, 4) is 16.3 Å². The van der Waals surface area contributed by atoms with E-state index < -0.39 is 35.8 Å². The number of hydrogen-bond acceptors (Lipinski definition) is 4. The first-order chi connectivity index (χ1) is 15.4. The molecule has 4 aromatic rings. The summed E-state index contributed by atoms with van der Waals surface area (Å²) >= 11 is 1.03. The minimum Gasteiger partial charge on any atom is -0.489 e. The van der Waals surface area contributed by atoms with Crippen LogP contribution in [-0.4, -0.2) is 10.9 Å². The second kappa shape index (κ2) is 9.19. The molecule has 1 heterocycles. The highest BCUT2D eigenvalue weighted by Gasteiger charge is 2.17. The predicted molar refractivity (Wildman–Crippen MR) is 113 cm³/mol. The number of para-hydroxylation sites is 1. The molecule has 0 atom stereocenters. The third kappa shape index (κ3) is 4.62. The van der Waals surface area contributed by atoms with Crippen LogP contribution in [0.4, 0.5) is 23.2 Å². The SMILES string of the molecule is O=C(Nc1ccccc1F)c1csc(-c2ccc(OCc3c(F)cccc3F)cc2F)n1. The highest BCUT2D eigenvalue weighted by atomic mass is 32.1. The van der Waals surface area contributed by atoms with Crippen molar-refractivity contribution >= 4 is 22.9 Å². The summed E-state index contributed by atoms with van der Waals surface area (Å²) in [6, 6.07) is 13.0. The van der Waals surface area contributed by atoms with E-state index in [9.17, 15) is 22.4 Å². The Morgan fingerprint density at radius 1 is 0.906 bits per heavy atom. The van der Waals surface area contributed by atoms with Gasteiger partial charge in [0, 0.05) is 17.0 Å². The van der Waals surface area contributed by atoms with Crippen molar-refractivity contribution in [2.45, 2.75) is 6.61 Å². The van der Waals surface area contributed by atoms with E-state index in [0.717, 1.165) is 29.5 Å². The van der Waals surface area contributed by atoms with Crippen LogP contribution in [-0.2, 0) is 6.61 Å². The Balaban J connectivity index is 1.47. The lowest BCUT2D eigenvalue weighted by atomic mass is 10.2. The normalized spacial score (nSPS) is 10.8. The summed E-state index contributed by atoms with van der Waals surface area (Å²) in [7, 11) is 0. The molecule has 0 saturated carbocycles. The smallest absolute Gasteiger partial charge is 0.275 e. The second-order valence-corrected chi connectivity index (χ2v) is 7.46. The minimum atomic E-state index is -0.758. The number of rotatable bonds is 6. The Morgan fingerprint density at radius 3 is 2.34 bits per heavy atom. The van der Waals surface area contributed by atoms with Gasteiger partial charge in [0.2, 0.25) is 0 Å². The number of amides is 1. The fourth-order valence-electron chi connectivity index (χ4n) is 2.84. The Labute approximate surface area is 184 Å². The molecule has 0 aliphatic rings. The first-order valence-electron chi connectivity index (χ1n) is 9.29. The van der Waals surface area contributed by atoms with Gasteiger partial charge in [-0.2, -0.15) is 0 Å². The van der Waals surface area contributed by atoms with E-state index in [0.29, 0.717) is 0 Å². The number of carbonyl (C=O) groups excluding carboxylic acids is 1. The van der Waals surface area contributed by atoms with Crippen LogP contribution in [0.2, 0.25) is 0 Å². The number of ether oxygens (including phenoxy) is 1. The summed E-state index contributed by atoms with van der Waals surface area (Å²) < 4.78 is 61.0. The lowest BCUT2D eigenvalue weighted by Gasteiger charge is -2.09. The molecule has 1 aromatic heterocycles. The molecule has 4 rings (SSSR count). The Bertz CT molecular complexity index is 1270. The third-order valence-corrected chi connectivity index (χ3v) is 5.35. The lowest BCUT2D eigenvalue weighted by molar-refractivity contribution is 0.102. The van der Waals surface area contributed by atoms with Crippen molar-refractivity contribution < 1.29 is 27.1 Å². The quantitative estimate of drug-likeness (QED) is 0.350. The van der Waals surface area contributed by atoms with Crippen molar-refractivity contribution in [1.82, 2.24) is 4.98 Å². The summed E-state index contributed by atoms with van der Waals surface area (Å²) in [5.41, 5.74) is -0.138. The molecule has 0 unspecified atom stereocenters. The highest BCUT2D eigenvalue weighted by molar-refractivity contribution is 7.13. The molecule has 162 valence electrons. The molecule has 0 saturated heterocycles. The van der Waals surface area contributed by atoms with E-state index in [-0.39, 0.29) is 33.3 Å². The fourth-order valence-corrected chi connectivity index (χ4v) is 3.66. The van der Waals surface area contributed by atoms with E-state index in [1.165, 1.54) is 41.8 Å². The van der Waals surface area contributed by atoms with Crippen LogP contribution < -0.4 is 10.1 Å². The molecule has 0 bridgehead atoms. The fraction of sp³-hybridized carbons (Fsp3) is 0.0435. The molecule has 1 amide bonds. The third-order valence-electron chi connectivity index (χ3n) is 4.47. The molecular weight excluding hydrogens is 444 g/mol. The number of nitrogens with zero attached hydrogens (tertiary/aromatic N) is 1. The van der Waals surface area contributed by atoms with Crippen molar-refractivity contribution in [3.63, 3.8) is 0 Å². The maximum absolute atomic E-state index is 14.6. The number of hydrogen-bond donors (Lipinski definition) is 1. The molecule has 9 heteroatoms. The predicted octanol–water partition coefficient (Wildman–Crippen LogP) is 6.20. The molecule has 0 aliphatic carbocycles. The second-order valence-electron chi connectivity index (χ2n) is 6.60. The summed E-state index contributed by atoms with van der Waals surface area (Å²) in [6.07, 6.45) is 0. The van der Waals surface area contributed by atoms with Crippen LogP contribution in [0.3, 0.4) is 0 Å². The topological polar surface area (TPSA) is 51.2 Å². The maximum Gasteiger partial charge on any atom is 0.275 e. The average Bonchev–Trinajstić information content (AvgIpc) is 3.25. The van der Waals surface area contributed by atoms with Gasteiger partial charge in [0.05, 0.1) is 11.3 Å². The van der Waals surface area contributed by atoms with Crippen LogP contribution >= 0.6 is 11.3 Å². The van der Waals surface area contributed by atoms with Crippen molar-refractivity contribution in [2.24, 2.45) is 0 Å². The van der Waals surface area contributed by atoms with E-state index >= 15 is 0 Å². The minimum absolute atomic E-state index is 0.00278. The zero-order valence-corrected chi connectivity index (χ0v) is 17.1. The monoisotopic (exact) mass is 458 g/mol. The lowest BCUT2D eigenvalue weighted by Crippen LogP contribution is -2.13. The van der Waals surface area contributed by atoms with Gasteiger partial charge in [-0.25, -0.2) is 22.5 Å². The van der Waals surface area contributed by atoms with Gasteiger partial charge in [0.1, 0.15) is 46.3 Å². The van der Waals surface area contributed by atoms with Gasteiger partial charge in [-0.05, 0) is 36.4 Å². The molecule has 0 radical (unpaired) electrons. The molecule has 4 nitrogen and oxygen atoms in total. The number of nitrogens with one attached hydrogen (secondary N) is 1. The molecule has 1 N–H and O–H groups in total. The number of aromatic nitrogens is 1. The van der Waals surface area contributed by atoms with E-state index in [1.54, 1.807) is 6.07 Å². The van der Waals surface area contributed by atoms with E-state index in [4.69, 9.17) is 4.74 Å². The van der Waals surface area contributed by atoms with Gasteiger partial charge >= 0.3 is 0 Å². The molecule has 0 aliphatic heterocycles. The Morgan fingerprint density at radius 2 is 1.62 bits per heavy atom. The van der Waals surface area contributed by atoms with Crippen molar-refractivity contribution in [2.75, 3.05) is 5.32 Å². The maximum atomic E-state index is 14.6. The largest absolute Gasteiger partial charge is 0.489 e. The zero-order chi connectivity index (χ0) is 22.7. The van der Waals surface area contributed by atoms with Crippen molar-refractivity contribution in [3.05, 3.63) is 101 Å². The zero-order valence-electron chi connectivity index (χ0n) is 16.2. The van der Waals surface area contributed by atoms with E-state index in [1.807, 2.05) is 0 Å². The highest BCUT2D eigenvalue weighted by Crippen LogP contribution is 2.30. The number of benzene rings is 3. The molecular formula is C23H14F4N2O2S. The number of thiazole rings is 1. The first-order valence-corrected chi connectivity index (χ1v) is 10.2. The number of halogens is 4. The van der Waals surface area contributed by atoms with Gasteiger partial charge in [-0.15, -0.1) is 11.3 Å². The van der Waals surface area contributed by atoms with Gasteiger partial charge in [0.25, 0.3) is 5.91 Å². The van der Waals surface area contributed by atoms with Gasteiger partial charge < -0.3 is 10.1 Å². The molecule has 3 aromatic carbocycles. The molecule has 32 heavy (non-hydrogen) atoms. The summed E-state index contributed by atoms with van der Waals surface area (Å²) in [6.45, 7) is -0.408. The Kier molecular flexibility index (Phi) is 6.18. The number of carbonyl (C=O) groups is 1.